The summed E-state index contributed by atoms with van der Waals surface area (Å²) in [5.74, 6) is -0.236. The van der Waals surface area contributed by atoms with Crippen LogP contribution in [0, 0.1) is 5.41 Å². The maximum Gasteiger partial charge on any atom is 0.309 e. The van der Waals surface area contributed by atoms with Crippen LogP contribution in [-0.2, 0) is 35.2 Å². The number of aliphatic hydroxyl groups excluding tert-OH is 1. The van der Waals surface area contributed by atoms with Gasteiger partial charge in [-0.15, -0.1) is 0 Å². The largest absolute Gasteiger partial charge is 0.469 e. The number of carbonyl (C=O) groups excluding carboxylic acids is 1. The van der Waals surface area contributed by atoms with Crippen molar-refractivity contribution < 1.29 is 14.6 Å². The molecule has 0 radical (unpaired) electrons. The smallest absolute Gasteiger partial charge is 0.309 e. The number of hydrogen-bond donors (Lipinski definition) is 1. The molecule has 31 heavy (non-hydrogen) atoms. The Labute approximate surface area is 183 Å². The van der Waals surface area contributed by atoms with Crippen molar-refractivity contribution >= 4 is 12.0 Å². The van der Waals surface area contributed by atoms with Crippen LogP contribution in [0.3, 0.4) is 0 Å². The van der Waals surface area contributed by atoms with Crippen LogP contribution in [0.25, 0.3) is 6.08 Å². The van der Waals surface area contributed by atoms with Crippen LogP contribution >= 0.6 is 0 Å². The molecule has 0 saturated heterocycles. The summed E-state index contributed by atoms with van der Waals surface area (Å²) in [6.07, 6.45) is 4.47. The molecule has 0 aromatic heterocycles. The molecule has 0 aliphatic heterocycles. The first-order chi connectivity index (χ1) is 15.1. The molecule has 0 amide bonds. The molecule has 3 aromatic rings. The topological polar surface area (TPSA) is 46.5 Å². The molecule has 3 aromatic carbocycles. The zero-order valence-corrected chi connectivity index (χ0v) is 17.7. The van der Waals surface area contributed by atoms with Gasteiger partial charge in [-0.2, -0.15) is 0 Å². The minimum atomic E-state index is -0.543. The van der Waals surface area contributed by atoms with Crippen molar-refractivity contribution in [3.8, 4) is 0 Å². The quantitative estimate of drug-likeness (QED) is 0.611. The highest BCUT2D eigenvalue weighted by Gasteiger charge is 2.48. The molecule has 0 unspecified atom stereocenters. The van der Waals surface area contributed by atoms with Crippen LogP contribution in [0.4, 0.5) is 0 Å². The fourth-order valence-corrected chi connectivity index (χ4v) is 5.24. The van der Waals surface area contributed by atoms with E-state index in [-0.39, 0.29) is 17.8 Å². The summed E-state index contributed by atoms with van der Waals surface area (Å²) in [6, 6.07) is 24.9. The second kappa shape index (κ2) is 7.82. The van der Waals surface area contributed by atoms with Gasteiger partial charge in [0.25, 0.3) is 0 Å². The zero-order valence-electron chi connectivity index (χ0n) is 17.7. The Morgan fingerprint density at radius 3 is 2.35 bits per heavy atom. The second-order valence-corrected chi connectivity index (χ2v) is 8.73. The molecular weight excluding hydrogens is 384 g/mol. The van der Waals surface area contributed by atoms with Gasteiger partial charge in [0.2, 0.25) is 0 Å². The van der Waals surface area contributed by atoms with E-state index in [0.29, 0.717) is 0 Å². The van der Waals surface area contributed by atoms with Gasteiger partial charge in [-0.25, -0.2) is 0 Å². The van der Waals surface area contributed by atoms with Crippen LogP contribution in [0.5, 0.6) is 0 Å². The first-order valence-corrected chi connectivity index (χ1v) is 10.8. The Morgan fingerprint density at radius 1 is 0.968 bits per heavy atom. The van der Waals surface area contributed by atoms with Crippen LogP contribution < -0.4 is 0 Å². The number of ether oxygens (including phenoxy) is 1. The molecule has 1 N–H and O–H groups in total. The second-order valence-electron chi connectivity index (χ2n) is 8.73. The molecule has 2 atom stereocenters. The van der Waals surface area contributed by atoms with E-state index in [1.807, 2.05) is 18.2 Å². The van der Waals surface area contributed by atoms with E-state index in [2.05, 4.69) is 60.7 Å². The normalized spacial score (nSPS) is 21.4. The van der Waals surface area contributed by atoms with Crippen molar-refractivity contribution in [1.82, 2.24) is 0 Å². The molecule has 0 spiro atoms. The predicted octanol–water partition coefficient (Wildman–Crippen LogP) is 4.86. The Kier molecular flexibility index (Phi) is 4.99. The van der Waals surface area contributed by atoms with Gasteiger partial charge in [0.1, 0.15) is 0 Å². The van der Waals surface area contributed by atoms with Crippen molar-refractivity contribution in [2.24, 2.45) is 5.41 Å². The Balaban J connectivity index is 1.50. The lowest BCUT2D eigenvalue weighted by atomic mass is 9.70. The highest BCUT2D eigenvalue weighted by Crippen LogP contribution is 2.54. The zero-order chi connectivity index (χ0) is 21.4. The van der Waals surface area contributed by atoms with E-state index in [4.69, 9.17) is 4.74 Å². The van der Waals surface area contributed by atoms with Crippen molar-refractivity contribution in [3.63, 3.8) is 0 Å². The predicted molar refractivity (Wildman–Crippen MR) is 122 cm³/mol. The molecule has 2 aliphatic rings. The Hall–Kier alpha value is -3.17. The van der Waals surface area contributed by atoms with Crippen molar-refractivity contribution in [3.05, 3.63) is 112 Å². The molecule has 156 valence electrons. The van der Waals surface area contributed by atoms with Crippen LogP contribution in [0.2, 0.25) is 0 Å². The van der Waals surface area contributed by atoms with Crippen LogP contribution in [-0.4, -0.2) is 18.2 Å². The monoisotopic (exact) mass is 410 g/mol. The van der Waals surface area contributed by atoms with E-state index < -0.39 is 6.10 Å². The summed E-state index contributed by atoms with van der Waals surface area (Å²) in [7, 11) is 1.41. The summed E-state index contributed by atoms with van der Waals surface area (Å²) >= 11 is 0. The van der Waals surface area contributed by atoms with Gasteiger partial charge in [0, 0.05) is 5.41 Å². The summed E-state index contributed by atoms with van der Waals surface area (Å²) in [4.78, 5) is 11.6. The van der Waals surface area contributed by atoms with Crippen molar-refractivity contribution in [2.45, 2.75) is 31.8 Å². The lowest BCUT2D eigenvalue weighted by molar-refractivity contribution is -0.139. The molecule has 3 heteroatoms. The molecule has 0 saturated carbocycles. The highest BCUT2D eigenvalue weighted by molar-refractivity contribution is 5.72. The van der Waals surface area contributed by atoms with Gasteiger partial charge in [-0.3, -0.25) is 4.79 Å². The molecule has 2 aliphatic carbocycles. The molecule has 0 bridgehead atoms. The molecule has 3 nitrogen and oxygen atoms in total. The number of rotatable bonds is 5. The summed E-state index contributed by atoms with van der Waals surface area (Å²) in [6.45, 7) is 0. The standard InChI is InChI=1S/C28H26O3/c1-31-26(29)14-19-10-12-20(13-11-19)17-28(18-23-8-4-5-9-25(23)27(28)30)24-15-21-6-2-3-7-22(21)16-24/h2-13,15,27,30H,14,16-18H2,1H3/t27-,28+/m0/s1. The van der Waals surface area contributed by atoms with Crippen LogP contribution in [0.15, 0.2) is 78.4 Å². The first-order valence-electron chi connectivity index (χ1n) is 10.8. The summed E-state index contributed by atoms with van der Waals surface area (Å²) < 4.78 is 4.78. The van der Waals surface area contributed by atoms with E-state index in [1.54, 1.807) is 0 Å². The van der Waals surface area contributed by atoms with Gasteiger partial charge in [0.05, 0.1) is 19.6 Å². The summed E-state index contributed by atoms with van der Waals surface area (Å²) in [5.41, 5.74) is 7.89. The maximum absolute atomic E-state index is 11.6. The molecule has 5 rings (SSSR count). The van der Waals surface area contributed by atoms with Gasteiger partial charge < -0.3 is 9.84 Å². The van der Waals surface area contributed by atoms with Crippen LogP contribution in [0.1, 0.15) is 39.5 Å². The first kappa shape index (κ1) is 19.8. The molecule has 0 fully saturated rings. The number of carbonyl (C=O) groups is 1. The van der Waals surface area contributed by atoms with Gasteiger partial charge in [-0.05, 0) is 52.6 Å². The number of esters is 1. The Morgan fingerprint density at radius 2 is 1.65 bits per heavy atom. The average Bonchev–Trinajstić information content (AvgIpc) is 3.35. The SMILES string of the molecule is COC(=O)Cc1ccc(C[C@]2(C3=Cc4ccccc4C3)Cc3ccccc3[C@@H]2O)cc1. The van der Waals surface area contributed by atoms with Gasteiger partial charge in [-0.1, -0.05) is 84.4 Å². The molecule has 0 heterocycles. The van der Waals surface area contributed by atoms with Crippen molar-refractivity contribution in [1.29, 1.82) is 0 Å². The summed E-state index contributed by atoms with van der Waals surface area (Å²) in [5, 5.41) is 11.6. The number of aliphatic hydroxyl groups is 1. The lowest BCUT2D eigenvalue weighted by Crippen LogP contribution is -2.31. The fraction of sp³-hybridized carbons (Fsp3) is 0.250. The Bertz CT molecular complexity index is 1160. The third-order valence-electron chi connectivity index (χ3n) is 6.90. The van der Waals surface area contributed by atoms with Crippen molar-refractivity contribution in [2.75, 3.05) is 7.11 Å². The molecular formula is C28H26O3. The van der Waals surface area contributed by atoms with E-state index in [9.17, 15) is 9.90 Å². The maximum atomic E-state index is 11.6. The number of methoxy groups -OCH3 is 1. The minimum absolute atomic E-state index is 0.236. The van der Waals surface area contributed by atoms with Gasteiger partial charge in [0.15, 0.2) is 0 Å². The van der Waals surface area contributed by atoms with E-state index in [0.717, 1.165) is 36.0 Å². The van der Waals surface area contributed by atoms with Gasteiger partial charge >= 0.3 is 5.97 Å². The average molecular weight is 411 g/mol. The third kappa shape index (κ3) is 3.49. The number of benzene rings is 3. The third-order valence-corrected chi connectivity index (χ3v) is 6.90. The lowest BCUT2D eigenvalue weighted by Gasteiger charge is -2.35. The van der Waals surface area contributed by atoms with E-state index >= 15 is 0 Å². The van der Waals surface area contributed by atoms with E-state index in [1.165, 1.54) is 29.4 Å². The highest BCUT2D eigenvalue weighted by atomic mass is 16.5. The number of fused-ring (bicyclic) bond motifs is 2. The fourth-order valence-electron chi connectivity index (χ4n) is 5.24. The minimum Gasteiger partial charge on any atom is -0.469 e. The number of hydrogen-bond acceptors (Lipinski definition) is 3.